The molecule has 5 atom stereocenters. The van der Waals surface area contributed by atoms with Gasteiger partial charge in [0.25, 0.3) is 0 Å². The van der Waals surface area contributed by atoms with E-state index in [1.807, 2.05) is 72.8 Å². The van der Waals surface area contributed by atoms with Crippen LogP contribution >= 0.6 is 12.6 Å². The first-order valence-electron chi connectivity index (χ1n) is 9.82. The summed E-state index contributed by atoms with van der Waals surface area (Å²) in [7, 11) is 3.24. The van der Waals surface area contributed by atoms with Gasteiger partial charge in [0, 0.05) is 14.2 Å². The first-order valence-corrected chi connectivity index (χ1v) is 10.3. The van der Waals surface area contributed by atoms with Gasteiger partial charge in [-0.15, -0.1) is 12.6 Å². The minimum absolute atomic E-state index is 0.303. The maximum atomic E-state index is 6.04. The molecule has 0 bridgehead atoms. The summed E-state index contributed by atoms with van der Waals surface area (Å²) in [5, 5.41) is 0. The molecule has 1 heterocycles. The first kappa shape index (κ1) is 22.4. The van der Waals surface area contributed by atoms with Crippen molar-refractivity contribution in [2.24, 2.45) is 0 Å². The predicted octanol–water partition coefficient (Wildman–Crippen LogP) is 4.41. The van der Waals surface area contributed by atoms with Gasteiger partial charge in [0.1, 0.15) is 30.4 Å². The molecule has 0 N–H and O–H groups in total. The molecule has 1 saturated heterocycles. The van der Waals surface area contributed by atoms with Crippen LogP contribution in [-0.2, 0) is 23.7 Å². The third-order valence-electron chi connectivity index (χ3n) is 4.87. The topological polar surface area (TPSA) is 46.2 Å². The van der Waals surface area contributed by atoms with Gasteiger partial charge in [0.2, 0.25) is 0 Å². The highest BCUT2D eigenvalue weighted by Crippen LogP contribution is 2.29. The molecule has 0 spiro atoms. The molecular formula is C24H28O5S. The van der Waals surface area contributed by atoms with E-state index in [9.17, 15) is 0 Å². The summed E-state index contributed by atoms with van der Waals surface area (Å²) in [6.45, 7) is 0.303. The zero-order valence-electron chi connectivity index (χ0n) is 17.2. The molecule has 1 fully saturated rings. The Morgan fingerprint density at radius 2 is 1.37 bits per heavy atom. The smallest absolute Gasteiger partial charge is 0.156 e. The van der Waals surface area contributed by atoms with Crippen molar-refractivity contribution in [3.05, 3.63) is 84.3 Å². The Bertz CT molecular complexity index is 796. The lowest BCUT2D eigenvalue weighted by molar-refractivity contribution is -0.221. The van der Waals surface area contributed by atoms with E-state index < -0.39 is 17.6 Å². The van der Waals surface area contributed by atoms with Crippen molar-refractivity contribution in [2.75, 3.05) is 20.8 Å². The van der Waals surface area contributed by atoms with E-state index >= 15 is 0 Å². The van der Waals surface area contributed by atoms with E-state index in [2.05, 4.69) is 12.6 Å². The number of ether oxygens (including phenoxy) is 5. The Kier molecular flexibility index (Phi) is 8.83. The van der Waals surface area contributed by atoms with Crippen LogP contribution in [0, 0.1) is 0 Å². The van der Waals surface area contributed by atoms with E-state index in [1.54, 1.807) is 26.7 Å². The summed E-state index contributed by atoms with van der Waals surface area (Å²) in [5.41, 5.74) is 1.63. The minimum atomic E-state index is -0.469. The van der Waals surface area contributed by atoms with Gasteiger partial charge in [-0.25, -0.2) is 0 Å². The van der Waals surface area contributed by atoms with Crippen molar-refractivity contribution in [1.29, 1.82) is 0 Å². The summed E-state index contributed by atoms with van der Waals surface area (Å²) in [6.07, 6.45) is 5.58. The fraction of sp³-hybridized carbons (Fsp3) is 0.333. The lowest BCUT2D eigenvalue weighted by atomic mass is 9.99. The molecule has 1 aliphatic rings. The first-order chi connectivity index (χ1) is 14.7. The molecular weight excluding hydrogens is 400 g/mol. The molecule has 5 nitrogen and oxygen atoms in total. The molecule has 2 aromatic rings. The summed E-state index contributed by atoms with van der Waals surface area (Å²) in [6, 6.07) is 19.9. The molecule has 0 aromatic heterocycles. The Morgan fingerprint density at radius 3 is 1.93 bits per heavy atom. The van der Waals surface area contributed by atoms with Crippen molar-refractivity contribution < 1.29 is 23.7 Å². The zero-order chi connectivity index (χ0) is 21.2. The normalized spacial score (nSPS) is 26.8. The molecule has 160 valence electrons. The molecule has 0 radical (unpaired) electrons. The number of hydrogen-bond acceptors (Lipinski definition) is 6. The lowest BCUT2D eigenvalue weighted by Crippen LogP contribution is -2.59. The van der Waals surface area contributed by atoms with Gasteiger partial charge >= 0.3 is 0 Å². The van der Waals surface area contributed by atoms with Crippen molar-refractivity contribution in [1.82, 2.24) is 0 Å². The Hall–Kier alpha value is -2.25. The highest BCUT2D eigenvalue weighted by atomic mass is 32.1. The second-order valence-electron chi connectivity index (χ2n) is 6.83. The van der Waals surface area contributed by atoms with Crippen LogP contribution in [0.15, 0.2) is 73.2 Å². The van der Waals surface area contributed by atoms with Crippen molar-refractivity contribution >= 4 is 24.8 Å². The predicted molar refractivity (Wildman–Crippen MR) is 121 cm³/mol. The van der Waals surface area contributed by atoms with E-state index in [4.69, 9.17) is 23.7 Å². The summed E-state index contributed by atoms with van der Waals surface area (Å²) in [5.74, 6) is 0. The maximum Gasteiger partial charge on any atom is 0.156 e. The third kappa shape index (κ3) is 6.12. The summed E-state index contributed by atoms with van der Waals surface area (Å²) in [4.78, 5) is 0. The van der Waals surface area contributed by atoms with E-state index in [0.717, 1.165) is 11.1 Å². The van der Waals surface area contributed by atoms with Gasteiger partial charge in [-0.05, 0) is 23.3 Å². The van der Waals surface area contributed by atoms with Gasteiger partial charge < -0.3 is 23.7 Å². The molecule has 3 rings (SSSR count). The summed E-state index contributed by atoms with van der Waals surface area (Å²) >= 11 is 4.55. The zero-order valence-corrected chi connectivity index (χ0v) is 18.1. The number of methoxy groups -OCH3 is 2. The van der Waals surface area contributed by atoms with Crippen LogP contribution in [0.5, 0.6) is 0 Å². The van der Waals surface area contributed by atoms with E-state index in [0.29, 0.717) is 6.61 Å². The highest BCUT2D eigenvalue weighted by Gasteiger charge is 2.46. The molecule has 5 unspecified atom stereocenters. The number of rotatable bonds is 9. The maximum absolute atomic E-state index is 6.04. The third-order valence-corrected chi connectivity index (χ3v) is 5.28. The van der Waals surface area contributed by atoms with Gasteiger partial charge in [-0.1, -0.05) is 60.7 Å². The average molecular weight is 429 g/mol. The van der Waals surface area contributed by atoms with Crippen molar-refractivity contribution in [2.45, 2.75) is 29.9 Å². The molecule has 1 aliphatic heterocycles. The standard InChI is InChI=1S/C24H28O5S/c1-25-21-20(17-27-15-13-18-9-5-3-6-10-18)29-24(30)23(26-2)22(21)28-16-14-19-11-7-4-8-12-19/h3-16,20-24,30H,17H2,1-2H3. The Morgan fingerprint density at radius 1 is 0.800 bits per heavy atom. The SMILES string of the molecule is COC1C(S)OC(COC=Cc2ccccc2)C(OC)C1OC=Cc1ccccc1. The molecule has 0 aliphatic carbocycles. The molecule has 6 heteroatoms. The van der Waals surface area contributed by atoms with Crippen LogP contribution in [0.2, 0.25) is 0 Å². The van der Waals surface area contributed by atoms with Gasteiger partial charge in [-0.3, -0.25) is 0 Å². The number of hydrogen-bond donors (Lipinski definition) is 1. The second kappa shape index (κ2) is 11.8. The molecule has 30 heavy (non-hydrogen) atoms. The average Bonchev–Trinajstić information content (AvgIpc) is 2.78. The quantitative estimate of drug-likeness (QED) is 0.473. The van der Waals surface area contributed by atoms with Gasteiger partial charge in [-0.2, -0.15) is 0 Å². The van der Waals surface area contributed by atoms with Gasteiger partial charge in [0.15, 0.2) is 6.10 Å². The van der Waals surface area contributed by atoms with E-state index in [-0.39, 0.29) is 12.2 Å². The van der Waals surface area contributed by atoms with Crippen LogP contribution in [0.3, 0.4) is 0 Å². The number of benzene rings is 2. The monoisotopic (exact) mass is 428 g/mol. The van der Waals surface area contributed by atoms with Crippen LogP contribution in [0.25, 0.3) is 12.2 Å². The number of thiol groups is 1. The van der Waals surface area contributed by atoms with Crippen molar-refractivity contribution in [3.8, 4) is 0 Å². The Balaban J connectivity index is 1.63. The van der Waals surface area contributed by atoms with Crippen LogP contribution in [-0.4, -0.2) is 50.7 Å². The fourth-order valence-electron chi connectivity index (χ4n) is 3.33. The highest BCUT2D eigenvalue weighted by molar-refractivity contribution is 7.80. The summed E-state index contributed by atoms with van der Waals surface area (Å²) < 4.78 is 29.0. The van der Waals surface area contributed by atoms with Gasteiger partial charge in [0.05, 0.1) is 12.5 Å². The fourth-order valence-corrected chi connectivity index (χ4v) is 3.78. The minimum Gasteiger partial charge on any atom is -0.498 e. The second-order valence-corrected chi connectivity index (χ2v) is 7.34. The van der Waals surface area contributed by atoms with Crippen LogP contribution in [0.1, 0.15) is 11.1 Å². The van der Waals surface area contributed by atoms with Crippen molar-refractivity contribution in [3.63, 3.8) is 0 Å². The van der Waals surface area contributed by atoms with Crippen LogP contribution < -0.4 is 0 Å². The largest absolute Gasteiger partial charge is 0.498 e. The molecule has 0 saturated carbocycles. The Labute approximate surface area is 183 Å². The lowest BCUT2D eigenvalue weighted by Gasteiger charge is -2.43. The van der Waals surface area contributed by atoms with Crippen LogP contribution in [0.4, 0.5) is 0 Å². The van der Waals surface area contributed by atoms with E-state index in [1.165, 1.54) is 0 Å². The molecule has 2 aromatic carbocycles. The molecule has 0 amide bonds.